The predicted molar refractivity (Wildman–Crippen MR) is 221 cm³/mol. The smallest absolute Gasteiger partial charge is 0.207 e. The van der Waals surface area contributed by atoms with Crippen LogP contribution in [0, 0.1) is 116 Å². The maximum Gasteiger partial charge on any atom is 0.220 e. The van der Waals surface area contributed by atoms with Gasteiger partial charge in [0.25, 0.3) is 0 Å². The normalized spacial score (nSPS) is 11.7. The van der Waals surface area contributed by atoms with Gasteiger partial charge in [-0.25, -0.2) is 87.8 Å². The van der Waals surface area contributed by atoms with Crippen LogP contribution in [0.5, 0.6) is 0 Å². The summed E-state index contributed by atoms with van der Waals surface area (Å²) in [5.74, 6) is -71.4. The summed E-state index contributed by atoms with van der Waals surface area (Å²) in [6, 6.07) is 36.8. The molecule has 9 rings (SSSR count). The van der Waals surface area contributed by atoms with Gasteiger partial charge in [0.15, 0.2) is 82.5 Å². The molecular formula is C50H20BF20N. The highest BCUT2D eigenvalue weighted by molar-refractivity contribution is 7.20. The van der Waals surface area contributed by atoms with Crippen LogP contribution in [0.1, 0.15) is 5.56 Å². The second-order valence-corrected chi connectivity index (χ2v) is 15.7. The number of hydrogen-bond acceptors (Lipinski definition) is 0. The molecule has 0 spiro atoms. The van der Waals surface area contributed by atoms with Crippen LogP contribution in [0.4, 0.5) is 87.8 Å². The van der Waals surface area contributed by atoms with E-state index in [0.29, 0.717) is 0 Å². The molecule has 22 heteroatoms. The molecule has 7 aromatic rings. The van der Waals surface area contributed by atoms with Crippen LogP contribution in [-0.4, -0.2) is 6.15 Å². The molecule has 0 saturated heterocycles. The molecule has 1 aromatic heterocycles. The summed E-state index contributed by atoms with van der Waals surface area (Å²) < 4.78 is 296. The number of rotatable bonds is 7. The number of aromatic nitrogens is 1. The topological polar surface area (TPSA) is 3.88 Å². The maximum atomic E-state index is 15.4. The van der Waals surface area contributed by atoms with E-state index in [2.05, 4.69) is 114 Å². The summed E-state index contributed by atoms with van der Waals surface area (Å²) in [7, 11) is 0. The summed E-state index contributed by atoms with van der Waals surface area (Å²) in [6.45, 7) is 0.857. The van der Waals surface area contributed by atoms with Crippen molar-refractivity contribution in [2.24, 2.45) is 0 Å². The highest BCUT2D eigenvalue weighted by Crippen LogP contribution is 2.35. The van der Waals surface area contributed by atoms with E-state index in [1.807, 2.05) is 0 Å². The Labute approximate surface area is 390 Å². The zero-order chi connectivity index (χ0) is 52.4. The van der Waals surface area contributed by atoms with E-state index < -0.39 is 144 Å². The Hall–Kier alpha value is -7.91. The monoisotopic (exact) mass is 1030 g/mol. The van der Waals surface area contributed by atoms with Crippen molar-refractivity contribution in [2.75, 3.05) is 0 Å². The van der Waals surface area contributed by atoms with Gasteiger partial charge in [0.1, 0.15) is 52.7 Å². The molecule has 0 saturated carbocycles. The molecule has 1 nitrogen and oxygen atoms in total. The molecule has 0 bridgehead atoms. The molecular weight excluding hydrogens is 1010 g/mol. The maximum absolute atomic E-state index is 15.4. The van der Waals surface area contributed by atoms with Crippen LogP contribution < -0.4 is 26.4 Å². The molecule has 6 aromatic carbocycles. The SMILES string of the molecule is Fc1c(F)c(F)c([B-](c2c(F)c(F)c(F)c(F)c2F)(c2c(F)c(F)c(F)c(F)c2F)c2c(F)c(F)c(F)c(F)c2F)c(F)c1F.c1ccc(C[n+]2ccc3ccccc3c2-c2cc3cccccc-3c2)cc1. The summed E-state index contributed by atoms with van der Waals surface area (Å²) in [5.41, 5.74) is -7.94. The fraction of sp³-hybridized carbons (Fsp3) is 0.0200. The fourth-order valence-electron chi connectivity index (χ4n) is 8.72. The van der Waals surface area contributed by atoms with Crippen molar-refractivity contribution in [3.05, 3.63) is 231 Å². The zero-order valence-electron chi connectivity index (χ0n) is 35.2. The van der Waals surface area contributed by atoms with Crippen LogP contribution in [0.15, 0.2) is 109 Å². The molecule has 2 aliphatic carbocycles. The van der Waals surface area contributed by atoms with Crippen LogP contribution in [0.25, 0.3) is 33.2 Å². The van der Waals surface area contributed by atoms with Gasteiger partial charge in [-0.3, -0.25) is 0 Å². The number of nitrogens with zero attached hydrogens (tertiary/aromatic N) is 1. The fourth-order valence-corrected chi connectivity index (χ4v) is 8.72. The van der Waals surface area contributed by atoms with E-state index in [-0.39, 0.29) is 0 Å². The molecule has 72 heavy (non-hydrogen) atoms. The average Bonchev–Trinajstić information content (AvgIpc) is 3.65. The van der Waals surface area contributed by atoms with Crippen molar-refractivity contribution in [3.63, 3.8) is 0 Å². The van der Waals surface area contributed by atoms with Crippen molar-refractivity contribution in [2.45, 2.75) is 6.54 Å². The lowest BCUT2D eigenvalue weighted by Gasteiger charge is -2.44. The van der Waals surface area contributed by atoms with Crippen molar-refractivity contribution in [3.8, 4) is 22.4 Å². The van der Waals surface area contributed by atoms with Crippen molar-refractivity contribution < 1.29 is 92.4 Å². The molecule has 0 N–H and O–H groups in total. The number of hydrogen-bond donors (Lipinski definition) is 0. The Balaban J connectivity index is 0.000000217. The Morgan fingerprint density at radius 2 is 0.583 bits per heavy atom. The lowest BCUT2D eigenvalue weighted by molar-refractivity contribution is -0.676. The molecule has 0 unspecified atom stereocenters. The van der Waals surface area contributed by atoms with E-state index in [0.717, 1.165) is 6.54 Å². The van der Waals surface area contributed by atoms with Gasteiger partial charge >= 0.3 is 0 Å². The van der Waals surface area contributed by atoms with E-state index in [9.17, 15) is 52.7 Å². The standard InChI is InChI=1S/C26H20N.C24BF20/c1-3-9-20(10-4-1)19-27-16-15-21-11-7-8-14-25(21)26(27)24-17-22-12-5-2-6-13-23(22)18-24;26-5-1(6(27)14(35)21(42)13(5)34)25(2-7(28)15(36)22(43)16(37)8(2)29,3-9(30)17(38)23(44)18(39)10(3)31)4-11(32)19(40)24(45)20(41)12(4)33/h1-18H,19H2;/q+1;-1. The molecule has 0 atom stereocenters. The van der Waals surface area contributed by atoms with Crippen molar-refractivity contribution in [1.82, 2.24) is 0 Å². The molecule has 0 fully saturated rings. The molecule has 0 amide bonds. The van der Waals surface area contributed by atoms with Crippen molar-refractivity contribution in [1.29, 1.82) is 0 Å². The minimum Gasteiger partial charge on any atom is -0.207 e. The first-order valence-electron chi connectivity index (χ1n) is 20.3. The minimum atomic E-state index is -7.22. The van der Waals surface area contributed by atoms with Gasteiger partial charge in [-0.1, -0.05) is 78.9 Å². The van der Waals surface area contributed by atoms with Crippen molar-refractivity contribution >= 4 is 38.8 Å². The molecule has 2 aliphatic rings. The second-order valence-electron chi connectivity index (χ2n) is 15.7. The van der Waals surface area contributed by atoms with Crippen LogP contribution in [-0.2, 0) is 6.54 Å². The molecule has 0 aliphatic heterocycles. The summed E-state index contributed by atoms with van der Waals surface area (Å²) in [5, 5.41) is 2.56. The molecule has 368 valence electrons. The zero-order valence-corrected chi connectivity index (χ0v) is 35.2. The quantitative estimate of drug-likeness (QED) is 0.0492. The molecule has 0 radical (unpaired) electrons. The Morgan fingerprint density at radius 3 is 0.931 bits per heavy atom. The highest BCUT2D eigenvalue weighted by atomic mass is 19.2. The first-order valence-corrected chi connectivity index (χ1v) is 20.3. The van der Waals surface area contributed by atoms with Gasteiger partial charge in [0.05, 0.1) is 5.39 Å². The van der Waals surface area contributed by atoms with E-state index in [4.69, 9.17) is 0 Å². The van der Waals surface area contributed by atoms with Crippen LogP contribution >= 0.6 is 0 Å². The van der Waals surface area contributed by atoms with E-state index >= 15 is 35.1 Å². The average molecular weight is 1030 g/mol. The first-order chi connectivity index (χ1) is 34.1. The molecule has 1 heterocycles. The third-order valence-corrected chi connectivity index (χ3v) is 11.8. The summed E-state index contributed by atoms with van der Waals surface area (Å²) >= 11 is 0. The number of pyridine rings is 1. The lowest BCUT2D eigenvalue weighted by atomic mass is 9.12. The Bertz CT molecular complexity index is 3210. The third-order valence-electron chi connectivity index (χ3n) is 11.8. The van der Waals surface area contributed by atoms with Gasteiger partial charge < -0.3 is 0 Å². The first kappa shape index (κ1) is 50.5. The summed E-state index contributed by atoms with van der Waals surface area (Å²) in [6.07, 6.45) is -5.01. The van der Waals surface area contributed by atoms with Gasteiger partial charge in [0, 0.05) is 17.2 Å². The minimum absolute atomic E-state index is 0.857. The third kappa shape index (κ3) is 7.83. The largest absolute Gasteiger partial charge is 0.220 e. The van der Waals surface area contributed by atoms with E-state index in [1.165, 1.54) is 38.7 Å². The number of halogens is 20. The number of benzene rings is 6. The lowest BCUT2D eigenvalue weighted by Crippen LogP contribution is -2.81. The summed E-state index contributed by atoms with van der Waals surface area (Å²) in [4.78, 5) is 0. The Morgan fingerprint density at radius 1 is 0.292 bits per heavy atom. The van der Waals surface area contributed by atoms with Gasteiger partial charge in [-0.15, -0.1) is 21.9 Å². The van der Waals surface area contributed by atoms with Gasteiger partial charge in [-0.2, -0.15) is 4.57 Å². The Kier molecular flexibility index (Phi) is 13.3. The number of fused-ring (bicyclic) bond motifs is 2. The predicted octanol–water partition coefficient (Wildman–Crippen LogP) is 11.8. The van der Waals surface area contributed by atoms with Crippen LogP contribution in [0.2, 0.25) is 0 Å². The van der Waals surface area contributed by atoms with Gasteiger partial charge in [-0.05, 0) is 34.7 Å². The highest BCUT2D eigenvalue weighted by Gasteiger charge is 2.52. The second kappa shape index (κ2) is 19.0. The van der Waals surface area contributed by atoms with Crippen LogP contribution in [0.3, 0.4) is 0 Å². The van der Waals surface area contributed by atoms with Gasteiger partial charge in [0.2, 0.25) is 5.69 Å². The van der Waals surface area contributed by atoms with E-state index in [1.54, 1.807) is 0 Å².